The molecular weight excluding hydrogens is 248 g/mol. The molecule has 2 aromatic rings. The van der Waals surface area contributed by atoms with E-state index < -0.39 is 0 Å². The third kappa shape index (κ3) is 2.61. The summed E-state index contributed by atoms with van der Waals surface area (Å²) in [5.41, 5.74) is 10.4. The summed E-state index contributed by atoms with van der Waals surface area (Å²) in [6.45, 7) is 7.02. The van der Waals surface area contributed by atoms with Gasteiger partial charge in [-0.3, -0.25) is 0 Å². The Morgan fingerprint density at radius 1 is 1.15 bits per heavy atom. The molecule has 1 heterocycles. The molecule has 20 heavy (non-hydrogen) atoms. The molecule has 0 atom stereocenters. The van der Waals surface area contributed by atoms with Crippen LogP contribution >= 0.6 is 0 Å². The maximum Gasteiger partial charge on any atom is 0.100 e. The molecule has 0 radical (unpaired) electrons. The zero-order chi connectivity index (χ0) is 14.5. The van der Waals surface area contributed by atoms with Gasteiger partial charge in [0, 0.05) is 12.5 Å². The Morgan fingerprint density at radius 3 is 2.45 bits per heavy atom. The molecule has 4 heteroatoms. The van der Waals surface area contributed by atoms with Crippen LogP contribution in [0.1, 0.15) is 56.5 Å². The molecule has 0 aliphatic heterocycles. The highest BCUT2D eigenvalue weighted by atomic mass is 15.4. The summed E-state index contributed by atoms with van der Waals surface area (Å²) in [5.74, 6) is 0.452. The number of nitrogens with two attached hydrogens (primary N) is 1. The summed E-state index contributed by atoms with van der Waals surface area (Å²) in [7, 11) is 0. The molecule has 0 spiro atoms. The fourth-order valence-electron chi connectivity index (χ4n) is 2.74. The minimum absolute atomic E-state index is 0.445. The summed E-state index contributed by atoms with van der Waals surface area (Å²) >= 11 is 0. The average Bonchev–Trinajstić information content (AvgIpc) is 2.92. The Kier molecular flexibility index (Phi) is 4.90. The number of hydrogen-bond donors (Lipinski definition) is 1. The average molecular weight is 272 g/mol. The van der Waals surface area contributed by atoms with Crippen LogP contribution in [0.25, 0.3) is 5.69 Å². The first-order chi connectivity index (χ1) is 9.76. The maximum absolute atomic E-state index is 5.84. The molecule has 2 rings (SSSR count). The van der Waals surface area contributed by atoms with Crippen LogP contribution in [-0.4, -0.2) is 15.0 Å². The van der Waals surface area contributed by atoms with E-state index in [-0.39, 0.29) is 0 Å². The van der Waals surface area contributed by atoms with Crippen molar-refractivity contribution in [3.8, 4) is 5.69 Å². The number of nitrogens with zero attached hydrogens (tertiary/aromatic N) is 3. The standard InChI is InChI=1S/C16H24N4/c1-4-12(5-2)16-14(11-17)18-19-20(16)15-10-8-7-9-13(15)6-3/h7-10,12H,4-6,11,17H2,1-3H3. The highest BCUT2D eigenvalue weighted by molar-refractivity contribution is 5.42. The number of aromatic nitrogens is 3. The number of hydrogen-bond acceptors (Lipinski definition) is 3. The van der Waals surface area contributed by atoms with Gasteiger partial charge in [0.1, 0.15) is 5.69 Å². The molecular formula is C16H24N4. The quantitative estimate of drug-likeness (QED) is 0.878. The van der Waals surface area contributed by atoms with Crippen LogP contribution in [0.15, 0.2) is 24.3 Å². The second-order valence-corrected chi connectivity index (χ2v) is 5.03. The molecule has 0 unspecified atom stereocenters. The Labute approximate surface area is 121 Å². The molecule has 0 saturated carbocycles. The van der Waals surface area contributed by atoms with E-state index in [0.29, 0.717) is 12.5 Å². The maximum atomic E-state index is 5.84. The monoisotopic (exact) mass is 272 g/mol. The van der Waals surface area contributed by atoms with Crippen molar-refractivity contribution < 1.29 is 0 Å². The summed E-state index contributed by atoms with van der Waals surface area (Å²) < 4.78 is 2.00. The molecule has 1 aromatic heterocycles. The molecule has 0 aliphatic rings. The number of benzene rings is 1. The van der Waals surface area contributed by atoms with Gasteiger partial charge in [-0.15, -0.1) is 5.10 Å². The highest BCUT2D eigenvalue weighted by Gasteiger charge is 2.21. The predicted octanol–water partition coefficient (Wildman–Crippen LogP) is 3.19. The van der Waals surface area contributed by atoms with E-state index in [9.17, 15) is 0 Å². The molecule has 1 aromatic carbocycles. The van der Waals surface area contributed by atoms with Gasteiger partial charge >= 0.3 is 0 Å². The molecule has 0 amide bonds. The van der Waals surface area contributed by atoms with Crippen LogP contribution in [0.4, 0.5) is 0 Å². The van der Waals surface area contributed by atoms with Gasteiger partial charge in [0.25, 0.3) is 0 Å². The molecule has 0 aliphatic carbocycles. The normalized spacial score (nSPS) is 11.2. The number of rotatable bonds is 6. The van der Waals surface area contributed by atoms with E-state index in [0.717, 1.165) is 30.6 Å². The summed E-state index contributed by atoms with van der Waals surface area (Å²) in [4.78, 5) is 0. The molecule has 4 nitrogen and oxygen atoms in total. The van der Waals surface area contributed by atoms with Crippen molar-refractivity contribution in [3.63, 3.8) is 0 Å². The van der Waals surface area contributed by atoms with E-state index in [4.69, 9.17) is 5.73 Å². The van der Waals surface area contributed by atoms with Crippen molar-refractivity contribution in [2.75, 3.05) is 0 Å². The topological polar surface area (TPSA) is 56.7 Å². The highest BCUT2D eigenvalue weighted by Crippen LogP contribution is 2.28. The van der Waals surface area contributed by atoms with Gasteiger partial charge < -0.3 is 5.73 Å². The first-order valence-corrected chi connectivity index (χ1v) is 7.49. The molecule has 0 saturated heterocycles. The van der Waals surface area contributed by atoms with Crippen LogP contribution in [0.3, 0.4) is 0 Å². The van der Waals surface area contributed by atoms with Gasteiger partial charge in [-0.1, -0.05) is 44.2 Å². The summed E-state index contributed by atoms with van der Waals surface area (Å²) in [6.07, 6.45) is 3.13. The second-order valence-electron chi connectivity index (χ2n) is 5.03. The van der Waals surface area contributed by atoms with Gasteiger partial charge in [-0.05, 0) is 30.9 Å². The van der Waals surface area contributed by atoms with Crippen molar-refractivity contribution in [1.82, 2.24) is 15.0 Å². The fraction of sp³-hybridized carbons (Fsp3) is 0.500. The summed E-state index contributed by atoms with van der Waals surface area (Å²) in [6, 6.07) is 8.38. The fourth-order valence-corrected chi connectivity index (χ4v) is 2.74. The summed E-state index contributed by atoms with van der Waals surface area (Å²) in [5, 5.41) is 8.66. The Hall–Kier alpha value is -1.68. The lowest BCUT2D eigenvalue weighted by Crippen LogP contribution is -2.12. The number of aryl methyl sites for hydroxylation is 1. The lowest BCUT2D eigenvalue weighted by molar-refractivity contribution is 0.589. The van der Waals surface area contributed by atoms with E-state index in [2.05, 4.69) is 55.3 Å². The largest absolute Gasteiger partial charge is 0.325 e. The van der Waals surface area contributed by atoms with E-state index in [1.165, 1.54) is 11.3 Å². The second kappa shape index (κ2) is 6.66. The molecule has 0 bridgehead atoms. The van der Waals surface area contributed by atoms with Crippen molar-refractivity contribution >= 4 is 0 Å². The van der Waals surface area contributed by atoms with E-state index in [1.54, 1.807) is 0 Å². The van der Waals surface area contributed by atoms with E-state index >= 15 is 0 Å². The third-order valence-corrected chi connectivity index (χ3v) is 3.95. The molecule has 0 fully saturated rings. The minimum atomic E-state index is 0.445. The molecule has 108 valence electrons. The van der Waals surface area contributed by atoms with Gasteiger partial charge in [0.2, 0.25) is 0 Å². The van der Waals surface area contributed by atoms with Crippen LogP contribution in [0.5, 0.6) is 0 Å². The first kappa shape index (κ1) is 14.7. The third-order valence-electron chi connectivity index (χ3n) is 3.95. The van der Waals surface area contributed by atoms with Gasteiger partial charge in [0.05, 0.1) is 11.4 Å². The lowest BCUT2D eigenvalue weighted by atomic mass is 9.97. The zero-order valence-electron chi connectivity index (χ0n) is 12.6. The zero-order valence-corrected chi connectivity index (χ0v) is 12.6. The Bertz CT molecular complexity index is 555. The minimum Gasteiger partial charge on any atom is -0.325 e. The SMILES string of the molecule is CCc1ccccc1-n1nnc(CN)c1C(CC)CC. The van der Waals surface area contributed by atoms with Crippen LogP contribution in [-0.2, 0) is 13.0 Å². The van der Waals surface area contributed by atoms with Gasteiger partial charge in [0.15, 0.2) is 0 Å². The first-order valence-electron chi connectivity index (χ1n) is 7.49. The van der Waals surface area contributed by atoms with Crippen LogP contribution in [0, 0.1) is 0 Å². The smallest absolute Gasteiger partial charge is 0.100 e. The molecule has 2 N–H and O–H groups in total. The van der Waals surface area contributed by atoms with Gasteiger partial charge in [-0.25, -0.2) is 4.68 Å². The lowest BCUT2D eigenvalue weighted by Gasteiger charge is -2.17. The van der Waals surface area contributed by atoms with Crippen molar-refractivity contribution in [1.29, 1.82) is 0 Å². The van der Waals surface area contributed by atoms with Crippen molar-refractivity contribution in [2.45, 2.75) is 52.5 Å². The van der Waals surface area contributed by atoms with Crippen molar-refractivity contribution in [2.24, 2.45) is 5.73 Å². The van der Waals surface area contributed by atoms with Crippen LogP contribution in [0.2, 0.25) is 0 Å². The van der Waals surface area contributed by atoms with E-state index in [1.807, 2.05) is 4.68 Å². The van der Waals surface area contributed by atoms with Gasteiger partial charge in [-0.2, -0.15) is 0 Å². The van der Waals surface area contributed by atoms with Crippen LogP contribution < -0.4 is 5.73 Å². The Morgan fingerprint density at radius 2 is 1.85 bits per heavy atom. The predicted molar refractivity (Wildman–Crippen MR) is 82.0 cm³/mol. The number of para-hydroxylation sites is 1. The Balaban J connectivity index is 2.59. The van der Waals surface area contributed by atoms with Crippen molar-refractivity contribution in [3.05, 3.63) is 41.2 Å².